The smallest absolute Gasteiger partial charge is 0.449 e. The molecule has 0 fully saturated rings. The third kappa shape index (κ3) is 2.28. The van der Waals surface area contributed by atoms with Crippen LogP contribution in [-0.4, -0.2) is 20.6 Å². The summed E-state index contributed by atoms with van der Waals surface area (Å²) in [6, 6.07) is 8.52. The first-order valence-electron chi connectivity index (χ1n) is 6.83. The number of rotatable bonds is 2. The maximum atomic E-state index is 12.6. The standard InChI is InChI=1S/C16H14N2O4/c1-9(2)10-5-6-12-11(8-10)15(19)18-7-3-4-13(14(18)17-12)22-16(20)21/h3-9H,1-2H3,(H,20,21). The van der Waals surface area contributed by atoms with Crippen molar-refractivity contribution >= 4 is 22.7 Å². The highest BCUT2D eigenvalue weighted by Gasteiger charge is 2.12. The number of fused-ring (bicyclic) bond motifs is 2. The van der Waals surface area contributed by atoms with Gasteiger partial charge in [0.1, 0.15) is 0 Å². The molecular formula is C16H14N2O4. The minimum absolute atomic E-state index is 0.0296. The summed E-state index contributed by atoms with van der Waals surface area (Å²) in [5.41, 5.74) is 1.48. The van der Waals surface area contributed by atoms with Gasteiger partial charge in [-0.15, -0.1) is 0 Å². The van der Waals surface area contributed by atoms with Crippen LogP contribution in [0.2, 0.25) is 0 Å². The molecule has 0 aliphatic heterocycles. The molecule has 0 radical (unpaired) electrons. The van der Waals surface area contributed by atoms with Crippen LogP contribution in [0.1, 0.15) is 25.3 Å². The largest absolute Gasteiger partial charge is 0.511 e. The average molecular weight is 298 g/mol. The van der Waals surface area contributed by atoms with Crippen molar-refractivity contribution in [1.29, 1.82) is 0 Å². The molecule has 3 aromatic rings. The maximum Gasteiger partial charge on any atom is 0.511 e. The summed E-state index contributed by atoms with van der Waals surface area (Å²) in [5, 5.41) is 9.27. The van der Waals surface area contributed by atoms with Gasteiger partial charge in [-0.25, -0.2) is 9.78 Å². The maximum absolute atomic E-state index is 12.6. The fourth-order valence-electron chi connectivity index (χ4n) is 2.35. The van der Waals surface area contributed by atoms with Crippen molar-refractivity contribution in [3.05, 3.63) is 52.4 Å². The van der Waals surface area contributed by atoms with Gasteiger partial charge in [-0.3, -0.25) is 9.20 Å². The number of nitrogens with zero attached hydrogens (tertiary/aromatic N) is 2. The van der Waals surface area contributed by atoms with Gasteiger partial charge in [0, 0.05) is 6.20 Å². The molecule has 0 spiro atoms. The minimum Gasteiger partial charge on any atom is -0.449 e. The van der Waals surface area contributed by atoms with Crippen molar-refractivity contribution in [2.24, 2.45) is 0 Å². The molecule has 2 heterocycles. The molecule has 3 rings (SSSR count). The van der Waals surface area contributed by atoms with E-state index in [4.69, 9.17) is 5.11 Å². The molecule has 1 aromatic carbocycles. The number of carbonyl (C=O) groups is 1. The van der Waals surface area contributed by atoms with E-state index >= 15 is 0 Å². The highest BCUT2D eigenvalue weighted by molar-refractivity contribution is 5.82. The lowest BCUT2D eigenvalue weighted by atomic mass is 10.0. The average Bonchev–Trinajstić information content (AvgIpc) is 2.47. The number of pyridine rings is 1. The summed E-state index contributed by atoms with van der Waals surface area (Å²) in [6.07, 6.45) is 0.0959. The van der Waals surface area contributed by atoms with Crippen LogP contribution >= 0.6 is 0 Å². The monoisotopic (exact) mass is 298 g/mol. The Morgan fingerprint density at radius 1 is 1.32 bits per heavy atom. The molecular weight excluding hydrogens is 284 g/mol. The summed E-state index contributed by atoms with van der Waals surface area (Å²) in [7, 11) is 0. The Hall–Kier alpha value is -2.89. The Kier molecular flexibility index (Phi) is 3.29. The van der Waals surface area contributed by atoms with Crippen LogP contribution in [-0.2, 0) is 0 Å². The van der Waals surface area contributed by atoms with Gasteiger partial charge in [-0.2, -0.15) is 0 Å². The van der Waals surface area contributed by atoms with Crippen LogP contribution in [0.5, 0.6) is 5.75 Å². The molecule has 0 saturated heterocycles. The van der Waals surface area contributed by atoms with Crippen LogP contribution in [0, 0.1) is 0 Å². The van der Waals surface area contributed by atoms with Gasteiger partial charge < -0.3 is 9.84 Å². The fourth-order valence-corrected chi connectivity index (χ4v) is 2.35. The second-order valence-electron chi connectivity index (χ2n) is 5.28. The number of carboxylic acid groups (broad SMARTS) is 1. The van der Waals surface area contributed by atoms with Gasteiger partial charge >= 0.3 is 6.16 Å². The Morgan fingerprint density at radius 3 is 2.77 bits per heavy atom. The summed E-state index contributed by atoms with van der Waals surface area (Å²) in [5.74, 6) is 0.327. The molecule has 0 amide bonds. The van der Waals surface area contributed by atoms with Crippen LogP contribution in [0.3, 0.4) is 0 Å². The second kappa shape index (κ2) is 5.14. The van der Waals surface area contributed by atoms with Crippen LogP contribution in [0.4, 0.5) is 4.79 Å². The lowest BCUT2D eigenvalue weighted by Crippen LogP contribution is -2.17. The molecule has 1 N–H and O–H groups in total. The van der Waals surface area contributed by atoms with Crippen LogP contribution in [0.15, 0.2) is 41.3 Å². The van der Waals surface area contributed by atoms with Gasteiger partial charge in [0.05, 0.1) is 10.9 Å². The zero-order valence-electron chi connectivity index (χ0n) is 12.1. The first kappa shape index (κ1) is 14.1. The SMILES string of the molecule is CC(C)c1ccc2nc3c(OC(=O)O)cccn3c(=O)c2c1. The number of ether oxygens (including phenoxy) is 1. The molecule has 22 heavy (non-hydrogen) atoms. The minimum atomic E-state index is -1.45. The Balaban J connectivity index is 2.36. The van der Waals surface area contributed by atoms with E-state index in [0.29, 0.717) is 16.8 Å². The predicted octanol–water partition coefficient (Wildman–Crippen LogP) is 3.03. The third-order valence-electron chi connectivity index (χ3n) is 3.49. The van der Waals surface area contributed by atoms with Gasteiger partial charge in [0.15, 0.2) is 11.4 Å². The topological polar surface area (TPSA) is 80.9 Å². The molecule has 6 heteroatoms. The van der Waals surface area contributed by atoms with Gasteiger partial charge in [0.25, 0.3) is 5.56 Å². The van der Waals surface area contributed by atoms with Crippen molar-refractivity contribution < 1.29 is 14.6 Å². The molecule has 6 nitrogen and oxygen atoms in total. The first-order valence-corrected chi connectivity index (χ1v) is 6.83. The van der Waals surface area contributed by atoms with Crippen LogP contribution in [0.25, 0.3) is 16.6 Å². The van der Waals surface area contributed by atoms with Crippen molar-refractivity contribution in [2.45, 2.75) is 19.8 Å². The van der Waals surface area contributed by atoms with E-state index in [2.05, 4.69) is 9.72 Å². The van der Waals surface area contributed by atoms with Crippen LogP contribution < -0.4 is 10.3 Å². The molecule has 2 aromatic heterocycles. The molecule has 0 aliphatic carbocycles. The van der Waals surface area contributed by atoms with E-state index < -0.39 is 6.16 Å². The van der Waals surface area contributed by atoms with Gasteiger partial charge in [0.2, 0.25) is 0 Å². The summed E-state index contributed by atoms with van der Waals surface area (Å²) in [6.45, 7) is 4.10. The summed E-state index contributed by atoms with van der Waals surface area (Å²) >= 11 is 0. The highest BCUT2D eigenvalue weighted by atomic mass is 16.7. The van der Waals surface area contributed by atoms with Crippen molar-refractivity contribution in [3.63, 3.8) is 0 Å². The molecule has 0 atom stereocenters. The Bertz CT molecular complexity index is 944. The fraction of sp³-hybridized carbons (Fsp3) is 0.188. The van der Waals surface area contributed by atoms with E-state index in [0.717, 1.165) is 5.56 Å². The van der Waals surface area contributed by atoms with Crippen molar-refractivity contribution in [1.82, 2.24) is 9.38 Å². The van der Waals surface area contributed by atoms with Gasteiger partial charge in [-0.1, -0.05) is 19.9 Å². The molecule has 0 unspecified atom stereocenters. The predicted molar refractivity (Wildman–Crippen MR) is 81.7 cm³/mol. The number of hydrogen-bond acceptors (Lipinski definition) is 4. The van der Waals surface area contributed by atoms with E-state index in [1.165, 1.54) is 10.5 Å². The van der Waals surface area contributed by atoms with Crippen molar-refractivity contribution in [2.75, 3.05) is 0 Å². The molecule has 0 bridgehead atoms. The van der Waals surface area contributed by atoms with E-state index in [-0.39, 0.29) is 17.0 Å². The Morgan fingerprint density at radius 2 is 2.09 bits per heavy atom. The van der Waals surface area contributed by atoms with Crippen molar-refractivity contribution in [3.8, 4) is 5.75 Å². The lowest BCUT2D eigenvalue weighted by molar-refractivity contribution is 0.145. The zero-order valence-corrected chi connectivity index (χ0v) is 12.1. The van der Waals surface area contributed by atoms with Gasteiger partial charge in [-0.05, 0) is 35.7 Å². The van der Waals surface area contributed by atoms with E-state index in [9.17, 15) is 9.59 Å². The third-order valence-corrected chi connectivity index (χ3v) is 3.49. The zero-order chi connectivity index (χ0) is 15.9. The Labute approximate surface area is 125 Å². The number of aromatic nitrogens is 2. The highest BCUT2D eigenvalue weighted by Crippen LogP contribution is 2.22. The lowest BCUT2D eigenvalue weighted by Gasteiger charge is -2.09. The normalized spacial score (nSPS) is 11.2. The number of benzene rings is 1. The molecule has 0 aliphatic rings. The quantitative estimate of drug-likeness (QED) is 0.581. The molecule has 0 saturated carbocycles. The number of hydrogen-bond donors (Lipinski definition) is 1. The second-order valence-corrected chi connectivity index (χ2v) is 5.28. The van der Waals surface area contributed by atoms with E-state index in [1.807, 2.05) is 26.0 Å². The molecule has 112 valence electrons. The first-order chi connectivity index (χ1) is 10.5. The summed E-state index contributed by atoms with van der Waals surface area (Å²) in [4.78, 5) is 27.7. The summed E-state index contributed by atoms with van der Waals surface area (Å²) < 4.78 is 5.98. The van der Waals surface area contributed by atoms with E-state index in [1.54, 1.807) is 18.3 Å².